The molecule has 2 heterocycles. The molecule has 1 atom stereocenters. The molecule has 15 heavy (non-hydrogen) atoms. The molecule has 82 valence electrons. The van der Waals surface area contributed by atoms with Crippen LogP contribution in [-0.2, 0) is 0 Å². The van der Waals surface area contributed by atoms with Crippen molar-refractivity contribution in [2.45, 2.75) is 19.8 Å². The van der Waals surface area contributed by atoms with Crippen LogP contribution in [0.4, 0.5) is 11.5 Å². The lowest BCUT2D eigenvalue weighted by atomic mass is 10.1. The van der Waals surface area contributed by atoms with Crippen molar-refractivity contribution in [3.63, 3.8) is 0 Å². The van der Waals surface area contributed by atoms with E-state index < -0.39 is 0 Å². The minimum atomic E-state index is 0.765. The van der Waals surface area contributed by atoms with Crippen LogP contribution in [0.15, 0.2) is 16.7 Å². The van der Waals surface area contributed by atoms with E-state index in [1.165, 1.54) is 12.8 Å². The number of hydrogen-bond acceptors (Lipinski definition) is 3. The fourth-order valence-electron chi connectivity index (χ4n) is 2.07. The molecule has 1 aliphatic rings. The first-order valence-electron chi connectivity index (χ1n) is 5.36. The average Bonchev–Trinajstić information content (AvgIpc) is 2.66. The lowest BCUT2D eigenvalue weighted by molar-refractivity contribution is 0.569. The van der Waals surface area contributed by atoms with Crippen molar-refractivity contribution in [2.24, 2.45) is 5.92 Å². The van der Waals surface area contributed by atoms with Gasteiger partial charge in [0, 0.05) is 23.8 Å². The van der Waals surface area contributed by atoms with Crippen molar-refractivity contribution in [3.05, 3.63) is 16.7 Å². The van der Waals surface area contributed by atoms with Gasteiger partial charge in [0.1, 0.15) is 0 Å². The summed E-state index contributed by atoms with van der Waals surface area (Å²) in [5, 5.41) is 0. The zero-order valence-electron chi connectivity index (χ0n) is 8.91. The highest BCUT2D eigenvalue weighted by molar-refractivity contribution is 9.10. The predicted molar refractivity (Wildman–Crippen MR) is 67.0 cm³/mol. The largest absolute Gasteiger partial charge is 0.396 e. The quantitative estimate of drug-likeness (QED) is 0.898. The highest BCUT2D eigenvalue weighted by atomic mass is 79.9. The van der Waals surface area contributed by atoms with Gasteiger partial charge in [-0.1, -0.05) is 13.3 Å². The number of nitrogens with zero attached hydrogens (tertiary/aromatic N) is 2. The Morgan fingerprint density at radius 3 is 3.07 bits per heavy atom. The monoisotopic (exact) mass is 269 g/mol. The second-order valence-corrected chi connectivity index (χ2v) is 4.99. The van der Waals surface area contributed by atoms with Gasteiger partial charge in [0.25, 0.3) is 0 Å². The van der Waals surface area contributed by atoms with E-state index in [1.807, 2.05) is 12.3 Å². The molecule has 0 aliphatic carbocycles. The standard InChI is InChI=1S/C11H16BrN3/c1-2-8-3-4-15(7-8)11-10(13)5-9(12)6-14-11/h5-6,8H,2-4,7,13H2,1H3. The molecule has 3 nitrogen and oxygen atoms in total. The SMILES string of the molecule is CCC1CCN(c2ncc(Br)cc2N)C1. The van der Waals surface area contributed by atoms with Crippen LogP contribution in [0.3, 0.4) is 0 Å². The minimum Gasteiger partial charge on any atom is -0.396 e. The number of nitrogens with two attached hydrogens (primary N) is 1. The Bertz CT molecular complexity index is 354. The normalized spacial score (nSPS) is 20.9. The first-order chi connectivity index (χ1) is 7.20. The summed E-state index contributed by atoms with van der Waals surface area (Å²) < 4.78 is 0.940. The molecule has 1 unspecified atom stereocenters. The van der Waals surface area contributed by atoms with Crippen molar-refractivity contribution in [1.82, 2.24) is 4.98 Å². The summed E-state index contributed by atoms with van der Waals surface area (Å²) in [5.74, 6) is 1.74. The van der Waals surface area contributed by atoms with Crippen molar-refractivity contribution in [3.8, 4) is 0 Å². The van der Waals surface area contributed by atoms with Gasteiger partial charge < -0.3 is 10.6 Å². The van der Waals surface area contributed by atoms with Crippen LogP contribution < -0.4 is 10.6 Å². The van der Waals surface area contributed by atoms with Gasteiger partial charge in [0.15, 0.2) is 5.82 Å². The van der Waals surface area contributed by atoms with E-state index in [0.717, 1.165) is 35.0 Å². The van der Waals surface area contributed by atoms with Crippen molar-refractivity contribution >= 4 is 27.4 Å². The Morgan fingerprint density at radius 2 is 2.47 bits per heavy atom. The van der Waals surface area contributed by atoms with Crippen LogP contribution in [0, 0.1) is 5.92 Å². The van der Waals surface area contributed by atoms with Crippen LogP contribution in [0.25, 0.3) is 0 Å². The zero-order chi connectivity index (χ0) is 10.8. The third kappa shape index (κ3) is 2.25. The molecule has 2 N–H and O–H groups in total. The van der Waals surface area contributed by atoms with E-state index in [2.05, 4.69) is 32.7 Å². The van der Waals surface area contributed by atoms with Crippen LogP contribution in [0.5, 0.6) is 0 Å². The molecule has 2 rings (SSSR count). The van der Waals surface area contributed by atoms with E-state index >= 15 is 0 Å². The number of rotatable bonds is 2. The Labute approximate surface area is 98.8 Å². The number of nitrogen functional groups attached to an aromatic ring is 1. The van der Waals surface area contributed by atoms with Crippen LogP contribution in [0.1, 0.15) is 19.8 Å². The molecule has 0 saturated carbocycles. The third-order valence-electron chi connectivity index (χ3n) is 3.02. The highest BCUT2D eigenvalue weighted by Gasteiger charge is 2.23. The third-order valence-corrected chi connectivity index (χ3v) is 3.46. The Kier molecular flexibility index (Phi) is 3.14. The summed E-state index contributed by atoms with van der Waals surface area (Å²) in [4.78, 5) is 6.67. The van der Waals surface area contributed by atoms with Crippen molar-refractivity contribution in [1.29, 1.82) is 0 Å². The lowest BCUT2D eigenvalue weighted by Gasteiger charge is -2.19. The topological polar surface area (TPSA) is 42.2 Å². The maximum Gasteiger partial charge on any atom is 0.151 e. The number of aromatic nitrogens is 1. The van der Waals surface area contributed by atoms with E-state index in [1.54, 1.807) is 0 Å². The van der Waals surface area contributed by atoms with Gasteiger partial charge >= 0.3 is 0 Å². The van der Waals surface area contributed by atoms with Crippen LogP contribution >= 0.6 is 15.9 Å². The maximum atomic E-state index is 5.95. The Morgan fingerprint density at radius 1 is 1.67 bits per heavy atom. The summed E-state index contributed by atoms with van der Waals surface area (Å²) in [6.07, 6.45) is 4.31. The number of anilines is 2. The molecule has 1 aromatic rings. The summed E-state index contributed by atoms with van der Waals surface area (Å²) in [5.41, 5.74) is 6.72. The van der Waals surface area contributed by atoms with Crippen LogP contribution in [-0.4, -0.2) is 18.1 Å². The minimum absolute atomic E-state index is 0.765. The van der Waals surface area contributed by atoms with Gasteiger partial charge in [-0.05, 0) is 34.3 Å². The van der Waals surface area contributed by atoms with E-state index in [9.17, 15) is 0 Å². The first kappa shape index (κ1) is 10.7. The summed E-state index contributed by atoms with van der Waals surface area (Å²) >= 11 is 3.37. The molecule has 0 aromatic carbocycles. The molecule has 0 radical (unpaired) electrons. The molecule has 0 spiro atoms. The van der Waals surface area contributed by atoms with E-state index in [4.69, 9.17) is 5.73 Å². The fourth-order valence-corrected chi connectivity index (χ4v) is 2.42. The molecule has 0 bridgehead atoms. The molecule has 1 aliphatic heterocycles. The molecule has 4 heteroatoms. The summed E-state index contributed by atoms with van der Waals surface area (Å²) in [6.45, 7) is 4.42. The van der Waals surface area contributed by atoms with E-state index in [-0.39, 0.29) is 0 Å². The number of pyridine rings is 1. The number of halogens is 1. The van der Waals surface area contributed by atoms with Gasteiger partial charge in [-0.3, -0.25) is 0 Å². The fraction of sp³-hybridized carbons (Fsp3) is 0.545. The predicted octanol–water partition coefficient (Wildman–Crippen LogP) is 2.66. The average molecular weight is 270 g/mol. The number of hydrogen-bond donors (Lipinski definition) is 1. The Balaban J connectivity index is 2.17. The van der Waals surface area contributed by atoms with Gasteiger partial charge in [-0.2, -0.15) is 0 Å². The zero-order valence-corrected chi connectivity index (χ0v) is 10.5. The smallest absolute Gasteiger partial charge is 0.151 e. The molecule has 1 fully saturated rings. The van der Waals surface area contributed by atoms with Gasteiger partial charge in [-0.25, -0.2) is 4.98 Å². The second-order valence-electron chi connectivity index (χ2n) is 4.08. The van der Waals surface area contributed by atoms with Crippen molar-refractivity contribution < 1.29 is 0 Å². The summed E-state index contributed by atoms with van der Waals surface area (Å²) in [7, 11) is 0. The molecular weight excluding hydrogens is 254 g/mol. The molecule has 1 saturated heterocycles. The Hall–Kier alpha value is -0.770. The lowest BCUT2D eigenvalue weighted by Crippen LogP contribution is -2.21. The molecular formula is C11H16BrN3. The summed E-state index contributed by atoms with van der Waals surface area (Å²) in [6, 6.07) is 1.92. The van der Waals surface area contributed by atoms with Crippen molar-refractivity contribution in [2.75, 3.05) is 23.7 Å². The van der Waals surface area contributed by atoms with E-state index in [0.29, 0.717) is 0 Å². The van der Waals surface area contributed by atoms with Gasteiger partial charge in [0.2, 0.25) is 0 Å². The first-order valence-corrected chi connectivity index (χ1v) is 6.16. The molecule has 0 amide bonds. The molecule has 1 aromatic heterocycles. The highest BCUT2D eigenvalue weighted by Crippen LogP contribution is 2.29. The van der Waals surface area contributed by atoms with Crippen LogP contribution in [0.2, 0.25) is 0 Å². The second kappa shape index (κ2) is 4.39. The van der Waals surface area contributed by atoms with Gasteiger partial charge in [0.05, 0.1) is 5.69 Å². The van der Waals surface area contributed by atoms with Gasteiger partial charge in [-0.15, -0.1) is 0 Å². The maximum absolute atomic E-state index is 5.95.